The van der Waals surface area contributed by atoms with Gasteiger partial charge in [-0.05, 0) is 25.3 Å². The Morgan fingerprint density at radius 1 is 1.21 bits per heavy atom. The molecule has 8 heteroatoms. The van der Waals surface area contributed by atoms with E-state index in [2.05, 4.69) is 0 Å². The first-order valence-corrected chi connectivity index (χ1v) is 10.1. The maximum atomic E-state index is 13.0. The number of rotatable bonds is 6. The van der Waals surface area contributed by atoms with Crippen LogP contribution in [0.5, 0.6) is 0 Å². The number of halogens is 1. The van der Waals surface area contributed by atoms with Crippen molar-refractivity contribution in [1.82, 2.24) is 4.90 Å². The topological polar surface area (TPSA) is 82.1 Å². The number of carbonyl (C=O) groups excluding carboxylic acids is 3. The van der Waals surface area contributed by atoms with E-state index in [9.17, 15) is 14.4 Å². The number of amides is 1. The van der Waals surface area contributed by atoms with Crippen LogP contribution in [0.1, 0.15) is 44.6 Å². The van der Waals surface area contributed by atoms with Crippen molar-refractivity contribution in [2.24, 2.45) is 5.41 Å². The Bertz CT molecular complexity index is 793. The van der Waals surface area contributed by atoms with Gasteiger partial charge in [0.05, 0.1) is 19.6 Å². The molecule has 2 fully saturated rings. The predicted octanol–water partition coefficient (Wildman–Crippen LogP) is 3.67. The average Bonchev–Trinajstić information content (AvgIpc) is 2.67. The predicted molar refractivity (Wildman–Crippen MR) is 105 cm³/mol. The molecule has 1 amide bonds. The molecule has 1 saturated carbocycles. The summed E-state index contributed by atoms with van der Waals surface area (Å²) in [5, 5.41) is 0.421. The van der Waals surface area contributed by atoms with Gasteiger partial charge in [0.1, 0.15) is 5.54 Å². The van der Waals surface area contributed by atoms with Crippen molar-refractivity contribution in [2.75, 3.05) is 27.1 Å². The van der Waals surface area contributed by atoms with E-state index in [0.717, 1.165) is 12.8 Å². The zero-order valence-corrected chi connectivity index (χ0v) is 17.5. The molecule has 29 heavy (non-hydrogen) atoms. The van der Waals surface area contributed by atoms with E-state index >= 15 is 0 Å². The van der Waals surface area contributed by atoms with E-state index in [4.69, 9.17) is 25.8 Å². The highest BCUT2D eigenvalue weighted by molar-refractivity contribution is 6.31. The van der Waals surface area contributed by atoms with Crippen LogP contribution in [0, 0.1) is 5.41 Å². The second-order valence-electron chi connectivity index (χ2n) is 8.05. The second kappa shape index (κ2) is 8.71. The highest BCUT2D eigenvalue weighted by Gasteiger charge is 2.48. The Labute approximate surface area is 175 Å². The Morgan fingerprint density at radius 2 is 1.93 bits per heavy atom. The largest absolute Gasteiger partial charge is 0.428 e. The molecule has 1 saturated heterocycles. The summed E-state index contributed by atoms with van der Waals surface area (Å²) in [5.74, 6) is -0.535. The molecule has 7 nitrogen and oxygen atoms in total. The minimum absolute atomic E-state index is 0.0776. The second-order valence-corrected chi connectivity index (χ2v) is 8.46. The van der Waals surface area contributed by atoms with Crippen molar-refractivity contribution in [1.29, 1.82) is 0 Å². The fourth-order valence-corrected chi connectivity index (χ4v) is 4.27. The first-order chi connectivity index (χ1) is 13.8. The van der Waals surface area contributed by atoms with E-state index in [1.54, 1.807) is 24.3 Å². The molecule has 1 aliphatic carbocycles. The first-order valence-electron chi connectivity index (χ1n) is 9.71. The quantitative estimate of drug-likeness (QED) is 0.512. The first kappa shape index (κ1) is 21.6. The van der Waals surface area contributed by atoms with Crippen LogP contribution in [0.2, 0.25) is 5.02 Å². The molecule has 2 aliphatic rings. The van der Waals surface area contributed by atoms with Gasteiger partial charge in [0.2, 0.25) is 6.79 Å². The molecule has 0 spiro atoms. The number of esters is 1. The number of Topliss-reactive ketones (excluding diaryl/α,β-unsaturated/α-hetero) is 1. The van der Waals surface area contributed by atoms with Gasteiger partial charge in [-0.25, -0.2) is 4.79 Å². The van der Waals surface area contributed by atoms with Crippen molar-refractivity contribution < 1.29 is 28.6 Å². The molecule has 1 aromatic carbocycles. The highest BCUT2D eigenvalue weighted by atomic mass is 35.5. The summed E-state index contributed by atoms with van der Waals surface area (Å²) in [7, 11) is 1.52. The Kier molecular flexibility index (Phi) is 6.49. The zero-order valence-electron chi connectivity index (χ0n) is 16.7. The van der Waals surface area contributed by atoms with E-state index in [0.29, 0.717) is 36.6 Å². The molecule has 0 unspecified atom stereocenters. The molecule has 0 bridgehead atoms. The Morgan fingerprint density at radius 3 is 2.55 bits per heavy atom. The monoisotopic (exact) mass is 423 g/mol. The van der Waals surface area contributed by atoms with Gasteiger partial charge in [-0.2, -0.15) is 0 Å². The third kappa shape index (κ3) is 4.41. The van der Waals surface area contributed by atoms with Gasteiger partial charge in [0, 0.05) is 29.5 Å². The van der Waals surface area contributed by atoms with Crippen LogP contribution in [-0.4, -0.2) is 49.8 Å². The lowest BCUT2D eigenvalue weighted by atomic mass is 9.74. The molecule has 3 rings (SSSR count). The summed E-state index contributed by atoms with van der Waals surface area (Å²) in [6.07, 6.45) is 1.82. The van der Waals surface area contributed by atoms with E-state index in [-0.39, 0.29) is 17.6 Å². The Balaban J connectivity index is 1.67. The number of ether oxygens (including phenoxy) is 3. The van der Waals surface area contributed by atoms with Gasteiger partial charge in [0.15, 0.2) is 5.78 Å². The summed E-state index contributed by atoms with van der Waals surface area (Å²) in [6.45, 7) is 2.44. The van der Waals surface area contributed by atoms with Gasteiger partial charge < -0.3 is 14.2 Å². The molecule has 1 atom stereocenters. The highest BCUT2D eigenvalue weighted by Crippen LogP contribution is 2.42. The van der Waals surface area contributed by atoms with Gasteiger partial charge >= 0.3 is 12.1 Å². The van der Waals surface area contributed by atoms with Gasteiger partial charge in [-0.1, -0.05) is 36.7 Å². The standard InChI is InChI=1S/C21H26ClNO6/c1-20(12-27-13-20)11-18(25)28-14-29-19(26)23(2)21(10-6-5-9-17(21)24)15-7-3-4-8-16(15)22/h3-4,7-8H,5-6,9-14H2,1-2H3/t21-/m0/s1. The van der Waals surface area contributed by atoms with Gasteiger partial charge in [-0.15, -0.1) is 0 Å². The van der Waals surface area contributed by atoms with Crippen molar-refractivity contribution in [3.05, 3.63) is 34.9 Å². The van der Waals surface area contributed by atoms with Crippen LogP contribution in [0.15, 0.2) is 24.3 Å². The van der Waals surface area contributed by atoms with Crippen LogP contribution < -0.4 is 0 Å². The minimum Gasteiger partial charge on any atom is -0.428 e. The van der Waals surface area contributed by atoms with Crippen LogP contribution in [0.25, 0.3) is 0 Å². The number of benzene rings is 1. The van der Waals surface area contributed by atoms with Crippen LogP contribution in [-0.2, 0) is 29.3 Å². The number of hydrogen-bond acceptors (Lipinski definition) is 6. The van der Waals surface area contributed by atoms with E-state index < -0.39 is 24.4 Å². The summed E-state index contributed by atoms with van der Waals surface area (Å²) >= 11 is 6.38. The van der Waals surface area contributed by atoms with Crippen molar-refractivity contribution >= 4 is 29.4 Å². The molecular formula is C21H26ClNO6. The zero-order chi connectivity index (χ0) is 21.1. The lowest BCUT2D eigenvalue weighted by Gasteiger charge is -2.43. The van der Waals surface area contributed by atoms with Crippen molar-refractivity contribution in [2.45, 2.75) is 44.6 Å². The smallest absolute Gasteiger partial charge is 0.413 e. The van der Waals surface area contributed by atoms with Gasteiger partial charge in [0.25, 0.3) is 0 Å². The summed E-state index contributed by atoms with van der Waals surface area (Å²) in [4.78, 5) is 38.9. The third-order valence-corrected chi connectivity index (χ3v) is 6.02. The lowest BCUT2D eigenvalue weighted by Crippen LogP contribution is -2.54. The summed E-state index contributed by atoms with van der Waals surface area (Å²) in [5.41, 5.74) is -0.824. The number of ketones is 1. The van der Waals surface area contributed by atoms with Crippen LogP contribution in [0.3, 0.4) is 0 Å². The number of carbonyl (C=O) groups is 3. The normalized spacial score (nSPS) is 23.1. The number of likely N-dealkylation sites (N-methyl/N-ethyl adjacent to an activating group) is 1. The van der Waals surface area contributed by atoms with Crippen molar-refractivity contribution in [3.63, 3.8) is 0 Å². The number of nitrogens with zero attached hydrogens (tertiary/aromatic N) is 1. The summed E-state index contributed by atoms with van der Waals surface area (Å²) < 4.78 is 15.3. The Hall–Kier alpha value is -2.12. The van der Waals surface area contributed by atoms with Crippen molar-refractivity contribution in [3.8, 4) is 0 Å². The molecule has 0 aromatic heterocycles. The molecule has 0 radical (unpaired) electrons. The lowest BCUT2D eigenvalue weighted by molar-refractivity contribution is -0.167. The van der Waals surface area contributed by atoms with Gasteiger partial charge in [-0.3, -0.25) is 14.5 Å². The minimum atomic E-state index is -1.19. The molecular weight excluding hydrogens is 398 g/mol. The fraction of sp³-hybridized carbons (Fsp3) is 0.571. The molecule has 0 N–H and O–H groups in total. The maximum Gasteiger partial charge on any atom is 0.413 e. The number of hydrogen-bond donors (Lipinski definition) is 0. The van der Waals surface area contributed by atoms with Crippen LogP contribution >= 0.6 is 11.6 Å². The van der Waals surface area contributed by atoms with Crippen LogP contribution in [0.4, 0.5) is 4.79 Å². The van der Waals surface area contributed by atoms with E-state index in [1.807, 2.05) is 6.92 Å². The fourth-order valence-electron chi connectivity index (χ4n) is 3.98. The summed E-state index contributed by atoms with van der Waals surface area (Å²) in [6, 6.07) is 7.03. The van der Waals surface area contributed by atoms with E-state index in [1.165, 1.54) is 11.9 Å². The third-order valence-electron chi connectivity index (χ3n) is 5.69. The SMILES string of the molecule is CN(C(=O)OCOC(=O)CC1(C)COC1)[C@]1(c2ccccc2Cl)CCCCC1=O. The molecule has 1 aromatic rings. The maximum absolute atomic E-state index is 13.0. The molecule has 1 heterocycles. The molecule has 1 aliphatic heterocycles. The average molecular weight is 424 g/mol. The molecule has 158 valence electrons.